The number of rotatable bonds is 2. The summed E-state index contributed by atoms with van der Waals surface area (Å²) in [4.78, 5) is 9.44. The van der Waals surface area contributed by atoms with Gasteiger partial charge in [0.15, 0.2) is 0 Å². The van der Waals surface area contributed by atoms with Crippen LogP contribution in [-0.2, 0) is 9.53 Å². The van der Waals surface area contributed by atoms with Crippen LogP contribution in [0, 0.1) is 0 Å². The van der Waals surface area contributed by atoms with E-state index in [4.69, 9.17) is 14.9 Å². The maximum atomic E-state index is 9.44. The van der Waals surface area contributed by atoms with Gasteiger partial charge >= 0.3 is 5.97 Å². The Hall–Kier alpha value is -0.610. The molecule has 0 unspecified atom stereocenters. The second-order valence-electron chi connectivity index (χ2n) is 2.19. The summed E-state index contributed by atoms with van der Waals surface area (Å²) in [6, 6.07) is 0. The minimum atomic E-state index is -0.961. The Morgan fingerprint density at radius 2 is 1.91 bits per heavy atom. The zero-order valence-electron chi connectivity index (χ0n) is 6.45. The van der Waals surface area contributed by atoms with Crippen molar-refractivity contribution in [3.05, 3.63) is 0 Å². The minimum Gasteiger partial charge on any atom is -0.481 e. The first-order valence-corrected chi connectivity index (χ1v) is 3.67. The largest absolute Gasteiger partial charge is 0.481 e. The van der Waals surface area contributed by atoms with Gasteiger partial charge in [0, 0.05) is 13.2 Å². The number of aliphatic carboxylic acids is 1. The van der Waals surface area contributed by atoms with E-state index in [2.05, 4.69) is 0 Å². The standard InChI is InChI=1S/C4H8O.C3H6O3/c1-2-4-5-3-1;4-2-1-3(5)6/h1-4H2;4H,1-2H2,(H,5,6). The lowest BCUT2D eigenvalue weighted by atomic mass is 10.4. The van der Waals surface area contributed by atoms with Crippen molar-refractivity contribution in [1.82, 2.24) is 0 Å². The molecule has 0 bridgehead atoms. The van der Waals surface area contributed by atoms with Crippen molar-refractivity contribution in [2.24, 2.45) is 0 Å². The predicted molar refractivity (Wildman–Crippen MR) is 39.4 cm³/mol. The van der Waals surface area contributed by atoms with Crippen molar-refractivity contribution in [1.29, 1.82) is 0 Å². The molecule has 4 nitrogen and oxygen atoms in total. The SMILES string of the molecule is C1CCOC1.O=C(O)CCO. The highest BCUT2D eigenvalue weighted by Gasteiger charge is 1.94. The highest BCUT2D eigenvalue weighted by Crippen LogP contribution is 1.98. The normalized spacial score (nSPS) is 15.4. The number of aliphatic hydroxyl groups is 1. The van der Waals surface area contributed by atoms with Gasteiger partial charge in [0.2, 0.25) is 0 Å². The molecule has 0 radical (unpaired) electrons. The van der Waals surface area contributed by atoms with E-state index in [0.717, 1.165) is 13.2 Å². The molecule has 1 fully saturated rings. The molecule has 66 valence electrons. The number of hydrogen-bond acceptors (Lipinski definition) is 3. The van der Waals surface area contributed by atoms with Gasteiger partial charge in [-0.1, -0.05) is 0 Å². The maximum absolute atomic E-state index is 9.44. The molecule has 1 aliphatic heterocycles. The van der Waals surface area contributed by atoms with E-state index in [1.54, 1.807) is 0 Å². The Morgan fingerprint density at radius 1 is 1.36 bits per heavy atom. The van der Waals surface area contributed by atoms with Crippen LogP contribution in [0.3, 0.4) is 0 Å². The van der Waals surface area contributed by atoms with E-state index in [9.17, 15) is 4.79 Å². The van der Waals surface area contributed by atoms with Crippen LogP contribution in [0.15, 0.2) is 0 Å². The van der Waals surface area contributed by atoms with Gasteiger partial charge in [-0.05, 0) is 12.8 Å². The van der Waals surface area contributed by atoms with E-state index in [0.29, 0.717) is 0 Å². The molecule has 1 heterocycles. The maximum Gasteiger partial charge on any atom is 0.305 e. The first-order valence-electron chi connectivity index (χ1n) is 3.67. The number of ether oxygens (including phenoxy) is 1. The third kappa shape index (κ3) is 9.39. The van der Waals surface area contributed by atoms with Crippen molar-refractivity contribution in [3.8, 4) is 0 Å². The highest BCUT2D eigenvalue weighted by molar-refractivity contribution is 5.66. The molecule has 0 saturated carbocycles. The lowest BCUT2D eigenvalue weighted by Crippen LogP contribution is -1.96. The molecule has 4 heteroatoms. The van der Waals surface area contributed by atoms with Crippen LogP contribution in [0.2, 0.25) is 0 Å². The fourth-order valence-corrected chi connectivity index (χ4v) is 0.606. The summed E-state index contributed by atoms with van der Waals surface area (Å²) in [6.45, 7) is 1.73. The molecule has 1 saturated heterocycles. The summed E-state index contributed by atoms with van der Waals surface area (Å²) in [5, 5.41) is 15.6. The number of carbonyl (C=O) groups is 1. The number of aliphatic hydroxyl groups excluding tert-OH is 1. The van der Waals surface area contributed by atoms with Crippen molar-refractivity contribution in [2.75, 3.05) is 19.8 Å². The summed E-state index contributed by atoms with van der Waals surface area (Å²) in [5.41, 5.74) is 0. The van der Waals surface area contributed by atoms with Gasteiger partial charge in [0.05, 0.1) is 13.0 Å². The first-order chi connectivity index (χ1) is 5.27. The fourth-order valence-electron chi connectivity index (χ4n) is 0.606. The molecule has 1 aliphatic rings. The summed E-state index contributed by atoms with van der Waals surface area (Å²) in [7, 11) is 0. The van der Waals surface area contributed by atoms with Crippen LogP contribution in [0.5, 0.6) is 0 Å². The average Bonchev–Trinajstić information content (AvgIpc) is 2.41. The van der Waals surface area contributed by atoms with Gasteiger partial charge in [0.1, 0.15) is 0 Å². The lowest BCUT2D eigenvalue weighted by Gasteiger charge is -1.79. The third-order valence-corrected chi connectivity index (χ3v) is 1.15. The zero-order valence-corrected chi connectivity index (χ0v) is 6.45. The molecule has 0 spiro atoms. The van der Waals surface area contributed by atoms with E-state index in [-0.39, 0.29) is 13.0 Å². The van der Waals surface area contributed by atoms with Crippen LogP contribution >= 0.6 is 0 Å². The summed E-state index contributed by atoms with van der Waals surface area (Å²) in [6.07, 6.45) is 2.40. The van der Waals surface area contributed by atoms with Gasteiger partial charge < -0.3 is 14.9 Å². The van der Waals surface area contributed by atoms with Gasteiger partial charge in [-0.3, -0.25) is 4.79 Å². The van der Waals surface area contributed by atoms with Crippen molar-refractivity contribution in [2.45, 2.75) is 19.3 Å². The number of carboxylic acid groups (broad SMARTS) is 1. The summed E-state index contributed by atoms with van der Waals surface area (Å²) < 4.78 is 4.94. The Kier molecular flexibility index (Phi) is 7.08. The number of hydrogen-bond donors (Lipinski definition) is 2. The predicted octanol–water partition coefficient (Wildman–Crippen LogP) is 0.250. The molecule has 11 heavy (non-hydrogen) atoms. The zero-order chi connectivity index (χ0) is 8.53. The average molecular weight is 162 g/mol. The Balaban J connectivity index is 0.000000183. The van der Waals surface area contributed by atoms with E-state index in [1.807, 2.05) is 0 Å². The molecule has 0 atom stereocenters. The second-order valence-corrected chi connectivity index (χ2v) is 2.19. The van der Waals surface area contributed by atoms with E-state index < -0.39 is 5.97 Å². The molecule has 2 N–H and O–H groups in total. The van der Waals surface area contributed by atoms with Gasteiger partial charge in [-0.2, -0.15) is 0 Å². The summed E-state index contributed by atoms with van der Waals surface area (Å²) in [5.74, 6) is -0.961. The Bertz CT molecular complexity index is 91.0. The summed E-state index contributed by atoms with van der Waals surface area (Å²) >= 11 is 0. The van der Waals surface area contributed by atoms with Crippen LogP contribution in [0.1, 0.15) is 19.3 Å². The van der Waals surface area contributed by atoms with Crippen LogP contribution in [0.4, 0.5) is 0 Å². The molecule has 0 aromatic rings. The van der Waals surface area contributed by atoms with Gasteiger partial charge in [0.25, 0.3) is 0 Å². The topological polar surface area (TPSA) is 66.8 Å². The minimum absolute atomic E-state index is 0.153. The molecule has 1 rings (SSSR count). The van der Waals surface area contributed by atoms with Crippen LogP contribution < -0.4 is 0 Å². The fraction of sp³-hybridized carbons (Fsp3) is 0.857. The van der Waals surface area contributed by atoms with E-state index >= 15 is 0 Å². The second kappa shape index (κ2) is 7.50. The third-order valence-electron chi connectivity index (χ3n) is 1.15. The van der Waals surface area contributed by atoms with E-state index in [1.165, 1.54) is 12.8 Å². The molecule has 0 aliphatic carbocycles. The van der Waals surface area contributed by atoms with Crippen LogP contribution in [-0.4, -0.2) is 36.0 Å². The number of carboxylic acids is 1. The van der Waals surface area contributed by atoms with Crippen molar-refractivity contribution in [3.63, 3.8) is 0 Å². The van der Waals surface area contributed by atoms with Gasteiger partial charge in [-0.15, -0.1) is 0 Å². The molecular weight excluding hydrogens is 148 g/mol. The smallest absolute Gasteiger partial charge is 0.305 e. The lowest BCUT2D eigenvalue weighted by molar-refractivity contribution is -0.137. The quantitative estimate of drug-likeness (QED) is 0.610. The first kappa shape index (κ1) is 10.4. The van der Waals surface area contributed by atoms with Crippen molar-refractivity contribution >= 4 is 5.97 Å². The molecule has 0 amide bonds. The molecule has 0 aromatic carbocycles. The van der Waals surface area contributed by atoms with Gasteiger partial charge in [-0.25, -0.2) is 0 Å². The Morgan fingerprint density at radius 3 is 2.00 bits per heavy atom. The monoisotopic (exact) mass is 162 g/mol. The highest BCUT2D eigenvalue weighted by atomic mass is 16.5. The molecular formula is C7H14O4. The van der Waals surface area contributed by atoms with Crippen molar-refractivity contribution < 1.29 is 19.7 Å². The Labute approximate surface area is 65.8 Å². The van der Waals surface area contributed by atoms with Crippen LogP contribution in [0.25, 0.3) is 0 Å². The molecule has 0 aromatic heterocycles.